The van der Waals surface area contributed by atoms with Gasteiger partial charge in [0.15, 0.2) is 0 Å². The van der Waals surface area contributed by atoms with Crippen molar-refractivity contribution in [2.75, 3.05) is 0 Å². The van der Waals surface area contributed by atoms with E-state index >= 15 is 0 Å². The van der Waals surface area contributed by atoms with Crippen molar-refractivity contribution >= 4 is 30.7 Å². The number of nitrogens with one attached hydrogen (secondary N) is 1. The number of rotatable bonds is 4. The highest BCUT2D eigenvalue weighted by molar-refractivity contribution is 5.85. The molecule has 1 aromatic rings. The molecule has 4 nitrogen and oxygen atoms in total. The summed E-state index contributed by atoms with van der Waals surface area (Å²) < 4.78 is 0. The summed E-state index contributed by atoms with van der Waals surface area (Å²) >= 11 is 0. The molecule has 1 atom stereocenters. The van der Waals surface area contributed by atoms with E-state index in [1.807, 2.05) is 32.9 Å². The van der Waals surface area contributed by atoms with Crippen LogP contribution in [0.25, 0.3) is 0 Å². The van der Waals surface area contributed by atoms with Gasteiger partial charge >= 0.3 is 0 Å². The van der Waals surface area contributed by atoms with Gasteiger partial charge in [-0.05, 0) is 24.5 Å². The molecule has 0 aliphatic rings. The van der Waals surface area contributed by atoms with Gasteiger partial charge in [-0.2, -0.15) is 0 Å². The minimum atomic E-state index is -0.455. The highest BCUT2D eigenvalue weighted by Crippen LogP contribution is 2.03. The molecule has 18 heavy (non-hydrogen) atoms. The Bertz CT molecular complexity index is 372. The molecule has 0 bridgehead atoms. The fourth-order valence-electron chi connectivity index (χ4n) is 1.29. The Hall–Kier alpha value is -0.840. The number of nitrogens with two attached hydrogens (primary N) is 1. The number of hydrogen-bond acceptors (Lipinski definition) is 3. The van der Waals surface area contributed by atoms with Crippen molar-refractivity contribution in [3.63, 3.8) is 0 Å². The summed E-state index contributed by atoms with van der Waals surface area (Å²) in [6, 6.07) is 3.39. The topological polar surface area (TPSA) is 68.0 Å². The maximum Gasteiger partial charge on any atom is 0.237 e. The van der Waals surface area contributed by atoms with Gasteiger partial charge in [0.25, 0.3) is 0 Å². The molecule has 1 aromatic heterocycles. The van der Waals surface area contributed by atoms with Crippen molar-refractivity contribution < 1.29 is 4.79 Å². The lowest BCUT2D eigenvalue weighted by molar-refractivity contribution is -0.123. The van der Waals surface area contributed by atoms with E-state index in [4.69, 9.17) is 5.73 Å². The lowest BCUT2D eigenvalue weighted by atomic mass is 10.1. The maximum atomic E-state index is 11.6. The summed E-state index contributed by atoms with van der Waals surface area (Å²) in [6.07, 6.45) is 1.72. The van der Waals surface area contributed by atoms with E-state index in [0.29, 0.717) is 6.54 Å². The van der Waals surface area contributed by atoms with Gasteiger partial charge in [-0.15, -0.1) is 24.8 Å². The summed E-state index contributed by atoms with van der Waals surface area (Å²) in [6.45, 7) is 6.26. The normalized spacial score (nSPS) is 11.2. The van der Waals surface area contributed by atoms with E-state index in [9.17, 15) is 4.79 Å². The van der Waals surface area contributed by atoms with E-state index in [2.05, 4.69) is 10.3 Å². The zero-order valence-corrected chi connectivity index (χ0v) is 12.5. The number of pyridine rings is 1. The van der Waals surface area contributed by atoms with E-state index in [1.54, 1.807) is 6.20 Å². The molecule has 6 heteroatoms. The van der Waals surface area contributed by atoms with E-state index in [0.717, 1.165) is 11.3 Å². The second kappa shape index (κ2) is 9.14. The molecule has 0 radical (unpaired) electrons. The number of halogens is 2. The van der Waals surface area contributed by atoms with Crippen molar-refractivity contribution in [3.05, 3.63) is 29.6 Å². The second-order valence-electron chi connectivity index (χ2n) is 4.25. The third-order valence-electron chi connectivity index (χ3n) is 2.57. The van der Waals surface area contributed by atoms with Crippen LogP contribution in [0.4, 0.5) is 0 Å². The summed E-state index contributed by atoms with van der Waals surface area (Å²) in [5.41, 5.74) is 7.68. The van der Waals surface area contributed by atoms with Crippen molar-refractivity contribution in [1.29, 1.82) is 0 Å². The van der Waals surface area contributed by atoms with Gasteiger partial charge < -0.3 is 11.1 Å². The molecule has 3 N–H and O–H groups in total. The Morgan fingerprint density at radius 3 is 2.56 bits per heavy atom. The molecule has 0 aliphatic carbocycles. The third kappa shape index (κ3) is 5.67. The molecular weight excluding hydrogens is 273 g/mol. The number of nitrogens with zero attached hydrogens (tertiary/aromatic N) is 1. The Morgan fingerprint density at radius 2 is 2.06 bits per heavy atom. The van der Waals surface area contributed by atoms with Crippen LogP contribution in [0.5, 0.6) is 0 Å². The fourth-order valence-corrected chi connectivity index (χ4v) is 1.29. The first-order chi connectivity index (χ1) is 7.52. The predicted octanol–water partition coefficient (Wildman–Crippen LogP) is 1.83. The molecule has 0 aliphatic heterocycles. The Kier molecular flexibility index (Phi) is 9.90. The van der Waals surface area contributed by atoms with Gasteiger partial charge in [0.2, 0.25) is 5.91 Å². The molecule has 1 amide bonds. The average molecular weight is 294 g/mol. The first-order valence-corrected chi connectivity index (χ1v) is 5.46. The predicted molar refractivity (Wildman–Crippen MR) is 78.1 cm³/mol. The van der Waals surface area contributed by atoms with Gasteiger partial charge in [-0.1, -0.05) is 19.9 Å². The van der Waals surface area contributed by atoms with Crippen LogP contribution in [0, 0.1) is 12.8 Å². The molecule has 0 saturated carbocycles. The van der Waals surface area contributed by atoms with Crippen LogP contribution < -0.4 is 11.1 Å². The van der Waals surface area contributed by atoms with Crippen LogP contribution in [0.15, 0.2) is 18.3 Å². The number of aromatic nitrogens is 1. The highest BCUT2D eigenvalue weighted by Gasteiger charge is 2.16. The largest absolute Gasteiger partial charge is 0.349 e. The maximum absolute atomic E-state index is 11.6. The van der Waals surface area contributed by atoms with E-state index in [-0.39, 0.29) is 36.6 Å². The third-order valence-corrected chi connectivity index (χ3v) is 2.57. The fraction of sp³-hybridized carbons (Fsp3) is 0.500. The van der Waals surface area contributed by atoms with Crippen LogP contribution in [-0.2, 0) is 11.3 Å². The van der Waals surface area contributed by atoms with Crippen molar-refractivity contribution in [3.8, 4) is 0 Å². The highest BCUT2D eigenvalue weighted by atomic mass is 35.5. The van der Waals surface area contributed by atoms with E-state index in [1.165, 1.54) is 0 Å². The number of hydrogen-bond donors (Lipinski definition) is 2. The van der Waals surface area contributed by atoms with Crippen LogP contribution in [-0.4, -0.2) is 16.9 Å². The minimum absolute atomic E-state index is 0. The zero-order valence-electron chi connectivity index (χ0n) is 10.8. The standard InChI is InChI=1S/C12H19N3O.2ClH/c1-8(2)11(13)12(16)15-7-10-9(3)5-4-6-14-10;;/h4-6,8,11H,7,13H2,1-3H3,(H,15,16);2*1H/t11-;;/m1../s1. The van der Waals surface area contributed by atoms with Gasteiger partial charge in [0.1, 0.15) is 0 Å². The molecule has 1 rings (SSSR count). The molecule has 0 fully saturated rings. The molecule has 0 unspecified atom stereocenters. The zero-order chi connectivity index (χ0) is 12.1. The van der Waals surface area contributed by atoms with Crippen LogP contribution in [0.1, 0.15) is 25.1 Å². The van der Waals surface area contributed by atoms with E-state index < -0.39 is 6.04 Å². The van der Waals surface area contributed by atoms with Gasteiger partial charge in [0, 0.05) is 6.20 Å². The van der Waals surface area contributed by atoms with Crippen LogP contribution in [0.3, 0.4) is 0 Å². The van der Waals surface area contributed by atoms with Crippen molar-refractivity contribution in [2.24, 2.45) is 11.7 Å². The lowest BCUT2D eigenvalue weighted by Crippen LogP contribution is -2.43. The van der Waals surface area contributed by atoms with Gasteiger partial charge in [-0.3, -0.25) is 9.78 Å². The van der Waals surface area contributed by atoms with Gasteiger partial charge in [0.05, 0.1) is 18.3 Å². The van der Waals surface area contributed by atoms with Crippen molar-refractivity contribution in [2.45, 2.75) is 33.4 Å². The summed E-state index contributed by atoms with van der Waals surface area (Å²) in [5, 5.41) is 2.79. The quantitative estimate of drug-likeness (QED) is 0.890. The number of carbonyl (C=O) groups excluding carboxylic acids is 1. The Labute approximate surface area is 121 Å². The van der Waals surface area contributed by atoms with Crippen LogP contribution >= 0.6 is 24.8 Å². The summed E-state index contributed by atoms with van der Waals surface area (Å²) in [7, 11) is 0. The summed E-state index contributed by atoms with van der Waals surface area (Å²) in [4.78, 5) is 15.8. The Morgan fingerprint density at radius 1 is 1.44 bits per heavy atom. The molecular formula is C12H21Cl2N3O. The van der Waals surface area contributed by atoms with Crippen LogP contribution in [0.2, 0.25) is 0 Å². The molecule has 0 aromatic carbocycles. The summed E-state index contributed by atoms with van der Waals surface area (Å²) in [5.74, 6) is 0.0184. The lowest BCUT2D eigenvalue weighted by Gasteiger charge is -2.15. The molecule has 0 saturated heterocycles. The molecule has 0 spiro atoms. The Balaban J connectivity index is 0. The minimum Gasteiger partial charge on any atom is -0.349 e. The number of amides is 1. The second-order valence-corrected chi connectivity index (χ2v) is 4.25. The monoisotopic (exact) mass is 293 g/mol. The molecule has 1 heterocycles. The number of carbonyl (C=O) groups is 1. The average Bonchev–Trinajstić information content (AvgIpc) is 2.26. The molecule has 104 valence electrons. The smallest absolute Gasteiger partial charge is 0.237 e. The number of aryl methyl sites for hydroxylation is 1. The first-order valence-electron chi connectivity index (χ1n) is 5.46. The first kappa shape index (κ1) is 19.5. The SMILES string of the molecule is Cc1cccnc1CNC(=O)[C@H](N)C(C)C.Cl.Cl. The van der Waals surface area contributed by atoms with Crippen molar-refractivity contribution in [1.82, 2.24) is 10.3 Å². The van der Waals surface area contributed by atoms with Gasteiger partial charge in [-0.25, -0.2) is 0 Å².